The van der Waals surface area contributed by atoms with Crippen LogP contribution in [-0.4, -0.2) is 30.6 Å². The summed E-state index contributed by atoms with van der Waals surface area (Å²) in [6.07, 6.45) is 4.38. The first kappa shape index (κ1) is 21.2. The highest BCUT2D eigenvalue weighted by atomic mass is 19.1. The number of halogens is 1. The van der Waals surface area contributed by atoms with Crippen molar-refractivity contribution in [1.29, 1.82) is 0 Å². The molecule has 9 nitrogen and oxygen atoms in total. The number of nitrogens with one attached hydrogen (secondary N) is 1. The van der Waals surface area contributed by atoms with Crippen molar-refractivity contribution in [3.05, 3.63) is 60.4 Å². The zero-order chi connectivity index (χ0) is 22.9. The molecule has 0 radical (unpaired) electrons. The zero-order valence-electron chi connectivity index (χ0n) is 17.8. The number of rotatable bonds is 5. The third-order valence-electron chi connectivity index (χ3n) is 4.69. The second kappa shape index (κ2) is 8.22. The van der Waals surface area contributed by atoms with E-state index in [-0.39, 0.29) is 29.9 Å². The Balaban J connectivity index is 1.69. The second-order valence-corrected chi connectivity index (χ2v) is 8.20. The Morgan fingerprint density at radius 1 is 1.25 bits per heavy atom. The molecule has 10 heteroatoms. The highest BCUT2D eigenvalue weighted by molar-refractivity contribution is 5.96. The Morgan fingerprint density at radius 3 is 2.69 bits per heavy atom. The van der Waals surface area contributed by atoms with Crippen LogP contribution >= 0.6 is 0 Å². The van der Waals surface area contributed by atoms with E-state index in [9.17, 15) is 9.18 Å². The number of nitrogen functional groups attached to an aromatic ring is 1. The van der Waals surface area contributed by atoms with Crippen molar-refractivity contribution in [2.45, 2.75) is 27.3 Å². The van der Waals surface area contributed by atoms with Crippen LogP contribution in [0.25, 0.3) is 23.1 Å². The van der Waals surface area contributed by atoms with Crippen LogP contribution in [0.2, 0.25) is 0 Å². The van der Waals surface area contributed by atoms with Crippen LogP contribution in [-0.2, 0) is 11.3 Å². The fourth-order valence-corrected chi connectivity index (χ4v) is 2.88. The molecule has 0 aliphatic heterocycles. The number of aromatic nitrogens is 5. The Morgan fingerprint density at radius 2 is 2.03 bits per heavy atom. The average molecular weight is 435 g/mol. The van der Waals surface area contributed by atoms with Crippen molar-refractivity contribution in [2.75, 3.05) is 11.1 Å². The van der Waals surface area contributed by atoms with E-state index in [1.807, 2.05) is 0 Å². The quantitative estimate of drug-likeness (QED) is 0.489. The number of anilines is 2. The number of amides is 1. The SMILES string of the molecule is CC(C)(C)C(=O)Nc1cnc(-c2cc(-c3ncco3)n(Cc3ccccc3F)n2)nc1N. The largest absolute Gasteiger partial charge is 0.443 e. The number of carbonyl (C=O) groups is 1. The van der Waals surface area contributed by atoms with Gasteiger partial charge in [0.25, 0.3) is 0 Å². The van der Waals surface area contributed by atoms with Gasteiger partial charge < -0.3 is 15.5 Å². The molecule has 3 heterocycles. The molecule has 1 amide bonds. The monoisotopic (exact) mass is 435 g/mol. The summed E-state index contributed by atoms with van der Waals surface area (Å²) in [5.74, 6) is 0.121. The van der Waals surface area contributed by atoms with Gasteiger partial charge in [0.2, 0.25) is 11.8 Å². The Labute approximate surface area is 183 Å². The van der Waals surface area contributed by atoms with E-state index in [0.29, 0.717) is 28.5 Å². The maximum absolute atomic E-state index is 14.2. The number of hydrogen-bond donors (Lipinski definition) is 2. The van der Waals surface area contributed by atoms with Gasteiger partial charge in [-0.2, -0.15) is 5.10 Å². The van der Waals surface area contributed by atoms with Crippen molar-refractivity contribution < 1.29 is 13.6 Å². The predicted octanol–water partition coefficient (Wildman–Crippen LogP) is 3.75. The molecular formula is C22H22FN7O2. The summed E-state index contributed by atoms with van der Waals surface area (Å²) in [6, 6.07) is 8.13. The van der Waals surface area contributed by atoms with Crippen LogP contribution < -0.4 is 11.1 Å². The molecule has 0 saturated heterocycles. The minimum Gasteiger partial charge on any atom is -0.443 e. The van der Waals surface area contributed by atoms with Gasteiger partial charge in [0, 0.05) is 17.0 Å². The Hall–Kier alpha value is -4.08. The van der Waals surface area contributed by atoms with E-state index >= 15 is 0 Å². The lowest BCUT2D eigenvalue weighted by atomic mass is 9.96. The highest BCUT2D eigenvalue weighted by Gasteiger charge is 2.23. The van der Waals surface area contributed by atoms with Gasteiger partial charge in [-0.1, -0.05) is 39.0 Å². The molecule has 164 valence electrons. The van der Waals surface area contributed by atoms with E-state index < -0.39 is 5.41 Å². The van der Waals surface area contributed by atoms with Gasteiger partial charge in [0.05, 0.1) is 18.9 Å². The van der Waals surface area contributed by atoms with Crippen molar-refractivity contribution >= 4 is 17.4 Å². The molecule has 32 heavy (non-hydrogen) atoms. The van der Waals surface area contributed by atoms with Gasteiger partial charge in [0.15, 0.2) is 11.6 Å². The smallest absolute Gasteiger partial charge is 0.244 e. The molecule has 0 atom stereocenters. The minimum absolute atomic E-state index is 0.105. The van der Waals surface area contributed by atoms with E-state index in [1.54, 1.807) is 49.7 Å². The summed E-state index contributed by atoms with van der Waals surface area (Å²) in [7, 11) is 0. The summed E-state index contributed by atoms with van der Waals surface area (Å²) in [6.45, 7) is 5.53. The van der Waals surface area contributed by atoms with Crippen LogP contribution in [0.5, 0.6) is 0 Å². The first-order chi connectivity index (χ1) is 15.2. The molecule has 1 aromatic carbocycles. The molecule has 0 fully saturated rings. The summed E-state index contributed by atoms with van der Waals surface area (Å²) in [4.78, 5) is 25.0. The van der Waals surface area contributed by atoms with Crippen LogP contribution in [0.3, 0.4) is 0 Å². The molecule has 4 rings (SSSR count). The lowest BCUT2D eigenvalue weighted by Crippen LogP contribution is -2.28. The normalized spacial score (nSPS) is 11.5. The predicted molar refractivity (Wildman–Crippen MR) is 117 cm³/mol. The third-order valence-corrected chi connectivity index (χ3v) is 4.69. The summed E-state index contributed by atoms with van der Waals surface area (Å²) in [5.41, 5.74) is 7.15. The number of oxazole rings is 1. The van der Waals surface area contributed by atoms with Gasteiger partial charge in [-0.25, -0.2) is 19.3 Å². The molecule has 4 aromatic rings. The molecule has 0 bridgehead atoms. The number of carbonyl (C=O) groups excluding carboxylic acids is 1. The maximum atomic E-state index is 14.2. The van der Waals surface area contributed by atoms with Crippen molar-refractivity contribution in [1.82, 2.24) is 24.7 Å². The summed E-state index contributed by atoms with van der Waals surface area (Å²) >= 11 is 0. The molecule has 3 aromatic heterocycles. The van der Waals surface area contributed by atoms with Crippen LogP contribution in [0.15, 0.2) is 53.4 Å². The lowest BCUT2D eigenvalue weighted by Gasteiger charge is -2.18. The van der Waals surface area contributed by atoms with E-state index in [0.717, 1.165) is 0 Å². The molecule has 0 saturated carbocycles. The number of nitrogens with zero attached hydrogens (tertiary/aromatic N) is 5. The van der Waals surface area contributed by atoms with Crippen molar-refractivity contribution in [3.63, 3.8) is 0 Å². The molecule has 3 N–H and O–H groups in total. The molecular weight excluding hydrogens is 413 g/mol. The third kappa shape index (κ3) is 4.34. The average Bonchev–Trinajstić information content (AvgIpc) is 3.40. The van der Waals surface area contributed by atoms with Gasteiger partial charge in [0.1, 0.15) is 29.2 Å². The zero-order valence-corrected chi connectivity index (χ0v) is 17.8. The fourth-order valence-electron chi connectivity index (χ4n) is 2.88. The van der Waals surface area contributed by atoms with E-state index in [1.165, 1.54) is 24.7 Å². The van der Waals surface area contributed by atoms with Crippen molar-refractivity contribution in [2.24, 2.45) is 5.41 Å². The Bertz CT molecular complexity index is 1260. The maximum Gasteiger partial charge on any atom is 0.244 e. The van der Waals surface area contributed by atoms with Gasteiger partial charge in [-0.3, -0.25) is 9.48 Å². The van der Waals surface area contributed by atoms with Gasteiger partial charge >= 0.3 is 0 Å². The standard InChI is InChI=1S/C22H22FN7O2/c1-22(2,3)21(31)27-16-11-26-19(28-18(16)24)15-10-17(20-25-8-9-32-20)30(29-15)12-13-6-4-5-7-14(13)23/h4-11H,12H2,1-3H3,(H,27,31)(H2,24,26,28). The summed E-state index contributed by atoms with van der Waals surface area (Å²) < 4.78 is 21.2. The van der Waals surface area contributed by atoms with Gasteiger partial charge in [-0.15, -0.1) is 0 Å². The van der Waals surface area contributed by atoms with E-state index in [2.05, 4.69) is 25.4 Å². The van der Waals surface area contributed by atoms with Crippen LogP contribution in [0.1, 0.15) is 26.3 Å². The number of hydrogen-bond acceptors (Lipinski definition) is 7. The topological polar surface area (TPSA) is 125 Å². The number of benzene rings is 1. The lowest BCUT2D eigenvalue weighted by molar-refractivity contribution is -0.123. The second-order valence-electron chi connectivity index (χ2n) is 8.20. The molecule has 0 unspecified atom stereocenters. The number of nitrogens with two attached hydrogens (primary N) is 1. The van der Waals surface area contributed by atoms with E-state index in [4.69, 9.17) is 10.2 Å². The summed E-state index contributed by atoms with van der Waals surface area (Å²) in [5, 5.41) is 7.25. The van der Waals surface area contributed by atoms with Crippen LogP contribution in [0.4, 0.5) is 15.9 Å². The van der Waals surface area contributed by atoms with Crippen molar-refractivity contribution in [3.8, 4) is 23.1 Å². The minimum atomic E-state index is -0.596. The molecule has 0 spiro atoms. The van der Waals surface area contributed by atoms with Crippen LogP contribution in [0, 0.1) is 11.2 Å². The van der Waals surface area contributed by atoms with Gasteiger partial charge in [-0.05, 0) is 6.07 Å². The molecule has 0 aliphatic rings. The fraction of sp³-hybridized carbons (Fsp3) is 0.227. The Kier molecular flexibility index (Phi) is 5.43. The first-order valence-electron chi connectivity index (χ1n) is 9.88. The highest BCUT2D eigenvalue weighted by Crippen LogP contribution is 2.27. The first-order valence-corrected chi connectivity index (χ1v) is 9.88. The molecule has 0 aliphatic carbocycles.